The third-order valence-electron chi connectivity index (χ3n) is 3.31. The molecule has 1 nitrogen and oxygen atoms in total. The fourth-order valence-electron chi connectivity index (χ4n) is 2.46. The minimum absolute atomic E-state index is 0.946. The van der Waals surface area contributed by atoms with E-state index < -0.39 is 0 Å². The highest BCUT2D eigenvalue weighted by molar-refractivity contribution is 5.52. The Morgan fingerprint density at radius 2 is 1.31 bits per heavy atom. The van der Waals surface area contributed by atoms with Crippen LogP contribution in [-0.2, 0) is 25.7 Å². The van der Waals surface area contributed by atoms with Gasteiger partial charge in [0.1, 0.15) is 0 Å². The van der Waals surface area contributed by atoms with Gasteiger partial charge >= 0.3 is 0 Å². The smallest absolute Gasteiger partial charge is 0.0997 e. The van der Waals surface area contributed by atoms with E-state index in [1.807, 2.05) is 0 Å². The maximum Gasteiger partial charge on any atom is 0.0997 e. The zero-order valence-corrected chi connectivity index (χ0v) is 10.9. The molecule has 0 spiro atoms. The van der Waals surface area contributed by atoms with Crippen LogP contribution < -0.4 is 0 Å². The molecule has 0 bridgehead atoms. The molecule has 0 amide bonds. The summed E-state index contributed by atoms with van der Waals surface area (Å²) in [7, 11) is 0. The number of aryl methyl sites for hydroxylation is 2. The molecule has 0 saturated heterocycles. The van der Waals surface area contributed by atoms with E-state index in [2.05, 4.69) is 39.8 Å². The van der Waals surface area contributed by atoms with E-state index in [1.165, 1.54) is 22.3 Å². The lowest BCUT2D eigenvalue weighted by molar-refractivity contribution is 0.963. The van der Waals surface area contributed by atoms with Crippen LogP contribution in [0, 0.1) is 11.3 Å². The molecule has 16 heavy (non-hydrogen) atoms. The molecule has 0 unspecified atom stereocenters. The van der Waals surface area contributed by atoms with Crippen molar-refractivity contribution in [1.29, 1.82) is 5.26 Å². The number of nitriles is 1. The van der Waals surface area contributed by atoms with Crippen LogP contribution in [0.5, 0.6) is 0 Å². The minimum Gasteiger partial charge on any atom is -0.192 e. The summed E-state index contributed by atoms with van der Waals surface area (Å²) in [6.07, 6.45) is 3.97. The van der Waals surface area contributed by atoms with Crippen LogP contribution in [0.4, 0.5) is 0 Å². The maximum atomic E-state index is 9.35. The average molecular weight is 215 g/mol. The van der Waals surface area contributed by atoms with Crippen molar-refractivity contribution in [2.24, 2.45) is 0 Å². The normalized spacial score (nSPS) is 10.2. The van der Waals surface area contributed by atoms with E-state index in [-0.39, 0.29) is 0 Å². The summed E-state index contributed by atoms with van der Waals surface area (Å²) >= 11 is 0. The summed E-state index contributed by atoms with van der Waals surface area (Å²) < 4.78 is 0. The molecule has 0 N–H and O–H groups in total. The van der Waals surface area contributed by atoms with Gasteiger partial charge in [-0.1, -0.05) is 33.8 Å². The van der Waals surface area contributed by atoms with E-state index in [1.54, 1.807) is 0 Å². The molecule has 86 valence electrons. The lowest BCUT2D eigenvalue weighted by Gasteiger charge is -2.16. The van der Waals surface area contributed by atoms with Gasteiger partial charge in [0.2, 0.25) is 0 Å². The van der Waals surface area contributed by atoms with Crippen molar-refractivity contribution in [2.45, 2.75) is 53.4 Å². The zero-order valence-electron chi connectivity index (χ0n) is 10.9. The standard InChI is InChI=1S/C15H21N/c1-5-11-9-12(6-2)14(8-4)15(10-16)13(11)7-3/h9H,5-8H2,1-4H3. The Bertz CT molecular complexity index is 380. The summed E-state index contributed by atoms with van der Waals surface area (Å²) in [5.74, 6) is 0. The summed E-state index contributed by atoms with van der Waals surface area (Å²) in [5, 5.41) is 9.35. The van der Waals surface area contributed by atoms with Crippen molar-refractivity contribution in [2.75, 3.05) is 0 Å². The van der Waals surface area contributed by atoms with E-state index in [0.29, 0.717) is 0 Å². The van der Waals surface area contributed by atoms with Gasteiger partial charge in [0.15, 0.2) is 0 Å². The Balaban J connectivity index is 3.56. The molecule has 1 aromatic rings. The molecule has 0 fully saturated rings. The number of hydrogen-bond donors (Lipinski definition) is 0. The van der Waals surface area contributed by atoms with Gasteiger partial charge in [0.25, 0.3) is 0 Å². The highest BCUT2D eigenvalue weighted by Gasteiger charge is 2.13. The molecule has 1 heteroatoms. The molecule has 0 aliphatic carbocycles. The minimum atomic E-state index is 0.946. The van der Waals surface area contributed by atoms with Gasteiger partial charge in [-0.2, -0.15) is 5.26 Å². The predicted octanol–water partition coefficient (Wildman–Crippen LogP) is 3.81. The fourth-order valence-corrected chi connectivity index (χ4v) is 2.46. The molecule has 0 heterocycles. The monoisotopic (exact) mass is 215 g/mol. The molecule has 0 saturated carbocycles. The highest BCUT2D eigenvalue weighted by atomic mass is 14.3. The predicted molar refractivity (Wildman–Crippen MR) is 68.7 cm³/mol. The number of nitrogens with zero attached hydrogens (tertiary/aromatic N) is 1. The van der Waals surface area contributed by atoms with Crippen LogP contribution in [0.2, 0.25) is 0 Å². The van der Waals surface area contributed by atoms with Gasteiger partial charge in [0.05, 0.1) is 11.6 Å². The molecule has 0 aliphatic heterocycles. The Kier molecular flexibility index (Phi) is 4.55. The van der Waals surface area contributed by atoms with Crippen molar-refractivity contribution in [3.05, 3.63) is 33.9 Å². The van der Waals surface area contributed by atoms with Crippen LogP contribution in [0.15, 0.2) is 6.07 Å². The molecular weight excluding hydrogens is 194 g/mol. The molecule has 0 radical (unpaired) electrons. The fraction of sp³-hybridized carbons (Fsp3) is 0.533. The van der Waals surface area contributed by atoms with E-state index >= 15 is 0 Å². The SMILES string of the molecule is CCc1cc(CC)c(CC)c(C#N)c1CC. The van der Waals surface area contributed by atoms with Gasteiger partial charge in [-0.25, -0.2) is 0 Å². The first-order chi connectivity index (χ1) is 7.73. The number of benzene rings is 1. The number of hydrogen-bond acceptors (Lipinski definition) is 1. The van der Waals surface area contributed by atoms with Crippen molar-refractivity contribution in [3.63, 3.8) is 0 Å². The van der Waals surface area contributed by atoms with Gasteiger partial charge < -0.3 is 0 Å². The van der Waals surface area contributed by atoms with Gasteiger partial charge in [0, 0.05) is 0 Å². The maximum absolute atomic E-state index is 9.35. The first-order valence-electron chi connectivity index (χ1n) is 6.29. The third-order valence-corrected chi connectivity index (χ3v) is 3.31. The summed E-state index contributed by atoms with van der Waals surface area (Å²) in [6, 6.07) is 4.72. The first-order valence-corrected chi connectivity index (χ1v) is 6.29. The Morgan fingerprint density at radius 3 is 1.56 bits per heavy atom. The molecule has 0 atom stereocenters. The molecule has 0 aromatic heterocycles. The van der Waals surface area contributed by atoms with Crippen molar-refractivity contribution in [1.82, 2.24) is 0 Å². The van der Waals surface area contributed by atoms with Gasteiger partial charge in [-0.3, -0.25) is 0 Å². The summed E-state index contributed by atoms with van der Waals surface area (Å²) in [6.45, 7) is 8.61. The summed E-state index contributed by atoms with van der Waals surface area (Å²) in [5.41, 5.74) is 6.18. The lowest BCUT2D eigenvalue weighted by atomic mass is 9.88. The van der Waals surface area contributed by atoms with Crippen LogP contribution in [0.25, 0.3) is 0 Å². The van der Waals surface area contributed by atoms with Crippen molar-refractivity contribution < 1.29 is 0 Å². The number of rotatable bonds is 4. The van der Waals surface area contributed by atoms with E-state index in [9.17, 15) is 5.26 Å². The van der Waals surface area contributed by atoms with Crippen LogP contribution >= 0.6 is 0 Å². The van der Waals surface area contributed by atoms with Crippen LogP contribution in [0.3, 0.4) is 0 Å². The van der Waals surface area contributed by atoms with Crippen molar-refractivity contribution in [3.8, 4) is 6.07 Å². The topological polar surface area (TPSA) is 23.8 Å². The highest BCUT2D eigenvalue weighted by Crippen LogP contribution is 2.25. The Morgan fingerprint density at radius 1 is 0.875 bits per heavy atom. The Hall–Kier alpha value is -1.29. The van der Waals surface area contributed by atoms with Crippen LogP contribution in [-0.4, -0.2) is 0 Å². The molecule has 1 rings (SSSR count). The van der Waals surface area contributed by atoms with E-state index in [0.717, 1.165) is 31.2 Å². The second-order valence-electron chi connectivity index (χ2n) is 4.05. The third kappa shape index (κ3) is 2.11. The second-order valence-corrected chi connectivity index (χ2v) is 4.05. The molecule has 0 aliphatic rings. The van der Waals surface area contributed by atoms with Crippen LogP contribution in [0.1, 0.15) is 55.5 Å². The molecule has 1 aromatic carbocycles. The molecular formula is C15H21N. The first kappa shape index (κ1) is 12.8. The van der Waals surface area contributed by atoms with Gasteiger partial charge in [-0.15, -0.1) is 0 Å². The largest absolute Gasteiger partial charge is 0.192 e. The van der Waals surface area contributed by atoms with Crippen molar-refractivity contribution >= 4 is 0 Å². The second kappa shape index (κ2) is 5.70. The quantitative estimate of drug-likeness (QED) is 0.749. The Labute approximate surface area is 99.1 Å². The average Bonchev–Trinajstić information content (AvgIpc) is 2.35. The van der Waals surface area contributed by atoms with Gasteiger partial charge in [-0.05, 0) is 47.9 Å². The summed E-state index contributed by atoms with van der Waals surface area (Å²) in [4.78, 5) is 0. The zero-order chi connectivity index (χ0) is 12.1. The van der Waals surface area contributed by atoms with E-state index in [4.69, 9.17) is 0 Å². The lowest BCUT2D eigenvalue weighted by Crippen LogP contribution is -2.04.